The smallest absolute Gasteiger partial charge is 0.267 e. The molecule has 0 bridgehead atoms. The Morgan fingerprint density at radius 3 is 2.47 bits per heavy atom. The summed E-state index contributed by atoms with van der Waals surface area (Å²) in [4.78, 5) is 18.1. The van der Waals surface area contributed by atoms with Crippen molar-refractivity contribution in [3.8, 4) is 0 Å². The number of nitrogens with one attached hydrogen (secondary N) is 1. The van der Waals surface area contributed by atoms with Crippen LogP contribution in [0.4, 0.5) is 0 Å². The summed E-state index contributed by atoms with van der Waals surface area (Å²) in [6, 6.07) is 13.0. The van der Waals surface area contributed by atoms with Gasteiger partial charge in [-0.05, 0) is 49.6 Å². The topological polar surface area (TPSA) is 97.3 Å². The lowest BCUT2D eigenvalue weighted by molar-refractivity contribution is 0.347. The van der Waals surface area contributed by atoms with E-state index < -0.39 is 9.84 Å². The van der Waals surface area contributed by atoms with Crippen LogP contribution < -0.4 is 11.0 Å². The molecule has 1 aliphatic rings. The van der Waals surface area contributed by atoms with E-state index in [0.717, 1.165) is 37.7 Å². The molecule has 164 valence electrons. The molecular weight excluding hydrogens is 424 g/mol. The number of nitrogens with zero attached hydrogens (tertiary/aromatic N) is 3. The number of rotatable bonds is 3. The van der Waals surface area contributed by atoms with Crippen LogP contribution in [0.5, 0.6) is 0 Å². The third kappa shape index (κ3) is 3.26. The zero-order valence-electron chi connectivity index (χ0n) is 17.8. The maximum atomic E-state index is 13.5. The molecule has 5 rings (SSSR count). The van der Waals surface area contributed by atoms with Crippen molar-refractivity contribution >= 4 is 26.5 Å². The fourth-order valence-corrected chi connectivity index (χ4v) is 6.00. The van der Waals surface area contributed by atoms with Crippen molar-refractivity contribution in [2.45, 2.75) is 54.9 Å². The lowest BCUT2D eigenvalue weighted by atomic mass is 9.95. The SMILES string of the molecule is Cc1ccc2nc3c(cc(S(=O)(=O)c4ccccc4)c(=N)n3C3CCCCC3)c(=O)n2c1. The van der Waals surface area contributed by atoms with Crippen molar-refractivity contribution in [2.24, 2.45) is 0 Å². The summed E-state index contributed by atoms with van der Waals surface area (Å²) in [5.74, 6) is 0. The quantitative estimate of drug-likeness (QED) is 0.482. The number of aromatic nitrogens is 3. The molecule has 0 radical (unpaired) electrons. The summed E-state index contributed by atoms with van der Waals surface area (Å²) in [5.41, 5.74) is 1.31. The molecular formula is C24H24N4O3S. The van der Waals surface area contributed by atoms with Gasteiger partial charge in [-0.25, -0.2) is 13.4 Å². The molecule has 0 spiro atoms. The Bertz CT molecular complexity index is 1560. The Hall–Kier alpha value is -3.26. The summed E-state index contributed by atoms with van der Waals surface area (Å²) in [6.45, 7) is 1.89. The van der Waals surface area contributed by atoms with Gasteiger partial charge in [0.2, 0.25) is 9.84 Å². The Labute approximate surface area is 185 Å². The molecule has 1 N–H and O–H groups in total. The van der Waals surface area contributed by atoms with Crippen molar-refractivity contribution in [3.05, 3.63) is 76.1 Å². The first-order valence-corrected chi connectivity index (χ1v) is 12.3. The van der Waals surface area contributed by atoms with Crippen molar-refractivity contribution in [1.82, 2.24) is 14.0 Å². The maximum absolute atomic E-state index is 13.5. The molecule has 8 heteroatoms. The highest BCUT2D eigenvalue weighted by Gasteiger charge is 2.27. The van der Waals surface area contributed by atoms with E-state index in [2.05, 4.69) is 0 Å². The number of hydrogen-bond donors (Lipinski definition) is 1. The zero-order chi connectivity index (χ0) is 22.5. The van der Waals surface area contributed by atoms with Crippen LogP contribution in [-0.4, -0.2) is 22.4 Å². The van der Waals surface area contributed by atoms with Gasteiger partial charge in [0.15, 0.2) is 0 Å². The number of fused-ring (bicyclic) bond motifs is 2. The van der Waals surface area contributed by atoms with E-state index in [4.69, 9.17) is 10.4 Å². The Kier molecular flexibility index (Phi) is 4.97. The van der Waals surface area contributed by atoms with Crippen LogP contribution in [0.3, 0.4) is 0 Å². The van der Waals surface area contributed by atoms with Crippen LogP contribution >= 0.6 is 0 Å². The Morgan fingerprint density at radius 2 is 1.75 bits per heavy atom. The molecule has 0 saturated heterocycles. The van der Waals surface area contributed by atoms with Crippen molar-refractivity contribution < 1.29 is 8.42 Å². The molecule has 3 aromatic heterocycles. The highest BCUT2D eigenvalue weighted by atomic mass is 32.2. The van der Waals surface area contributed by atoms with E-state index in [1.807, 2.05) is 13.0 Å². The molecule has 0 aliphatic heterocycles. The number of sulfone groups is 1. The first-order chi connectivity index (χ1) is 15.4. The first-order valence-electron chi connectivity index (χ1n) is 10.8. The van der Waals surface area contributed by atoms with Crippen molar-refractivity contribution in [1.29, 1.82) is 5.41 Å². The molecule has 0 unspecified atom stereocenters. The average molecular weight is 449 g/mol. The Morgan fingerprint density at radius 1 is 1.03 bits per heavy atom. The van der Waals surface area contributed by atoms with Gasteiger partial charge in [-0.1, -0.05) is 43.5 Å². The number of benzene rings is 1. The molecule has 32 heavy (non-hydrogen) atoms. The third-order valence-electron chi connectivity index (χ3n) is 6.25. The molecule has 1 aliphatic carbocycles. The summed E-state index contributed by atoms with van der Waals surface area (Å²) < 4.78 is 30.1. The fraction of sp³-hybridized carbons (Fsp3) is 0.292. The van der Waals surface area contributed by atoms with Gasteiger partial charge >= 0.3 is 0 Å². The van der Waals surface area contributed by atoms with Gasteiger partial charge in [0.05, 0.1) is 10.3 Å². The maximum Gasteiger partial charge on any atom is 0.267 e. The molecule has 0 amide bonds. The molecule has 1 aromatic carbocycles. The number of aryl methyl sites for hydroxylation is 1. The highest BCUT2D eigenvalue weighted by Crippen LogP contribution is 2.30. The normalized spacial score (nSPS) is 15.4. The second-order valence-corrected chi connectivity index (χ2v) is 10.3. The zero-order valence-corrected chi connectivity index (χ0v) is 18.6. The molecule has 3 heterocycles. The minimum absolute atomic E-state index is 0.0653. The average Bonchev–Trinajstić information content (AvgIpc) is 2.80. The Balaban J connectivity index is 1.91. The van der Waals surface area contributed by atoms with E-state index >= 15 is 0 Å². The van der Waals surface area contributed by atoms with Crippen LogP contribution in [0.2, 0.25) is 0 Å². The molecule has 1 saturated carbocycles. The van der Waals surface area contributed by atoms with Gasteiger partial charge in [-0.2, -0.15) is 0 Å². The second kappa shape index (κ2) is 7.70. The highest BCUT2D eigenvalue weighted by molar-refractivity contribution is 7.91. The van der Waals surface area contributed by atoms with E-state index in [1.165, 1.54) is 22.6 Å². The summed E-state index contributed by atoms with van der Waals surface area (Å²) >= 11 is 0. The van der Waals surface area contributed by atoms with E-state index in [1.54, 1.807) is 35.0 Å². The van der Waals surface area contributed by atoms with Gasteiger partial charge in [-0.15, -0.1) is 0 Å². The molecule has 1 fully saturated rings. The van der Waals surface area contributed by atoms with E-state index in [0.29, 0.717) is 11.3 Å². The van der Waals surface area contributed by atoms with Crippen LogP contribution in [-0.2, 0) is 9.84 Å². The summed E-state index contributed by atoms with van der Waals surface area (Å²) in [6.07, 6.45) is 6.47. The van der Waals surface area contributed by atoms with Crippen LogP contribution in [0.15, 0.2) is 69.3 Å². The molecule has 7 nitrogen and oxygen atoms in total. The predicted molar refractivity (Wildman–Crippen MR) is 122 cm³/mol. The van der Waals surface area contributed by atoms with Gasteiger partial charge in [-0.3, -0.25) is 14.6 Å². The number of hydrogen-bond acceptors (Lipinski definition) is 5. The predicted octanol–water partition coefficient (Wildman–Crippen LogP) is 3.78. The monoisotopic (exact) mass is 448 g/mol. The number of pyridine rings is 2. The van der Waals surface area contributed by atoms with Gasteiger partial charge < -0.3 is 4.57 Å². The van der Waals surface area contributed by atoms with Crippen LogP contribution in [0.1, 0.15) is 43.7 Å². The van der Waals surface area contributed by atoms with Gasteiger partial charge in [0.1, 0.15) is 21.7 Å². The second-order valence-electron chi connectivity index (χ2n) is 8.42. The summed E-state index contributed by atoms with van der Waals surface area (Å²) in [7, 11) is -3.98. The molecule has 0 atom stereocenters. The summed E-state index contributed by atoms with van der Waals surface area (Å²) in [5, 5.41) is 9.13. The lowest BCUT2D eigenvalue weighted by Crippen LogP contribution is -2.33. The van der Waals surface area contributed by atoms with E-state index in [-0.39, 0.29) is 32.3 Å². The van der Waals surface area contributed by atoms with E-state index in [9.17, 15) is 13.2 Å². The molecule has 4 aromatic rings. The largest absolute Gasteiger partial charge is 0.307 e. The minimum Gasteiger partial charge on any atom is -0.307 e. The van der Waals surface area contributed by atoms with Gasteiger partial charge in [0.25, 0.3) is 5.56 Å². The van der Waals surface area contributed by atoms with Crippen molar-refractivity contribution in [2.75, 3.05) is 0 Å². The van der Waals surface area contributed by atoms with Gasteiger partial charge in [0, 0.05) is 12.2 Å². The minimum atomic E-state index is -3.98. The van der Waals surface area contributed by atoms with Crippen LogP contribution in [0, 0.1) is 12.3 Å². The fourth-order valence-electron chi connectivity index (χ4n) is 4.61. The lowest BCUT2D eigenvalue weighted by Gasteiger charge is -2.26. The first kappa shape index (κ1) is 20.6. The third-order valence-corrected chi connectivity index (χ3v) is 8.03. The van der Waals surface area contributed by atoms with Crippen LogP contribution in [0.25, 0.3) is 16.7 Å². The van der Waals surface area contributed by atoms with Crippen molar-refractivity contribution in [3.63, 3.8) is 0 Å². The standard InChI is InChI=1S/C24H24N4O3S/c1-16-12-13-21-26-23-19(24(29)27(21)15-16)14-20(32(30,31)18-10-6-3-7-11-18)22(25)28(23)17-8-4-2-5-9-17/h3,6-7,10-15,17,25H,2,4-5,8-9H2,1H3.